The molecule has 2 heterocycles. The predicted molar refractivity (Wildman–Crippen MR) is 143 cm³/mol. The second kappa shape index (κ2) is 15.4. The van der Waals surface area contributed by atoms with E-state index in [1.807, 2.05) is 24.3 Å². The van der Waals surface area contributed by atoms with Crippen LogP contribution in [0, 0.1) is 5.41 Å². The largest absolute Gasteiger partial charge is 0.490 e. The highest BCUT2D eigenvalue weighted by molar-refractivity contribution is 5.98. The van der Waals surface area contributed by atoms with Gasteiger partial charge in [0, 0.05) is 30.2 Å². The molecule has 1 aliphatic rings. The number of pyridine rings is 1. The van der Waals surface area contributed by atoms with E-state index in [2.05, 4.69) is 9.88 Å². The maximum Gasteiger partial charge on any atom is 0.490 e. The number of benzene rings is 2. The fourth-order valence-electron chi connectivity index (χ4n) is 3.52. The Labute approximate surface area is 245 Å². The summed E-state index contributed by atoms with van der Waals surface area (Å²) in [7, 11) is 0. The van der Waals surface area contributed by atoms with Crippen molar-refractivity contribution >= 4 is 40.3 Å². The number of nitrogens with one attached hydrogen (secondary N) is 1. The summed E-state index contributed by atoms with van der Waals surface area (Å²) >= 11 is 0. The number of esters is 1. The smallest absolute Gasteiger partial charge is 0.490 e. The van der Waals surface area contributed by atoms with Gasteiger partial charge >= 0.3 is 30.3 Å². The molecule has 4 rings (SSSR count). The zero-order valence-electron chi connectivity index (χ0n) is 22.6. The van der Waals surface area contributed by atoms with Crippen LogP contribution >= 0.6 is 0 Å². The fourth-order valence-corrected chi connectivity index (χ4v) is 3.52. The molecule has 0 aliphatic carbocycles. The molecule has 1 saturated heterocycles. The number of carboxylic acids is 2. The molecular weight excluding hydrogens is 606 g/mol. The minimum absolute atomic E-state index is 0.130. The van der Waals surface area contributed by atoms with Crippen LogP contribution < -0.4 is 10.5 Å². The van der Waals surface area contributed by atoms with Crippen LogP contribution in [0.3, 0.4) is 0 Å². The van der Waals surface area contributed by atoms with Crippen LogP contribution in [0.15, 0.2) is 54.7 Å². The van der Waals surface area contributed by atoms with E-state index in [1.165, 1.54) is 0 Å². The van der Waals surface area contributed by atoms with Gasteiger partial charge < -0.3 is 30.3 Å². The van der Waals surface area contributed by atoms with Gasteiger partial charge in [-0.3, -0.25) is 5.41 Å². The molecule has 5 N–H and O–H groups in total. The van der Waals surface area contributed by atoms with E-state index in [0.717, 1.165) is 42.3 Å². The number of carboxylic acid groups (broad SMARTS) is 2. The summed E-state index contributed by atoms with van der Waals surface area (Å²) in [6.45, 7) is 2.20. The van der Waals surface area contributed by atoms with Crippen LogP contribution in [0.4, 0.5) is 32.2 Å². The van der Waals surface area contributed by atoms with Gasteiger partial charge in [0.1, 0.15) is 30.6 Å². The monoisotopic (exact) mass is 632 g/mol. The number of nitrogens with two attached hydrogens (primary N) is 1. The molecule has 1 fully saturated rings. The van der Waals surface area contributed by atoms with Crippen molar-refractivity contribution in [2.45, 2.75) is 25.2 Å². The second-order valence-electron chi connectivity index (χ2n) is 8.79. The number of carbonyl (C=O) groups excluding carboxylic acids is 1. The zero-order valence-corrected chi connectivity index (χ0v) is 22.6. The van der Waals surface area contributed by atoms with Crippen molar-refractivity contribution < 1.29 is 60.4 Å². The van der Waals surface area contributed by atoms with Crippen molar-refractivity contribution in [3.63, 3.8) is 0 Å². The van der Waals surface area contributed by atoms with Gasteiger partial charge in [0.15, 0.2) is 0 Å². The Morgan fingerprint density at radius 2 is 1.39 bits per heavy atom. The molecule has 44 heavy (non-hydrogen) atoms. The summed E-state index contributed by atoms with van der Waals surface area (Å²) in [4.78, 5) is 36.2. The Morgan fingerprint density at radius 3 is 1.91 bits per heavy atom. The number of amidine groups is 1. The molecule has 0 atom stereocenters. The second-order valence-corrected chi connectivity index (χ2v) is 8.79. The van der Waals surface area contributed by atoms with Gasteiger partial charge in [-0.2, -0.15) is 26.3 Å². The van der Waals surface area contributed by atoms with Gasteiger partial charge in [-0.15, -0.1) is 0 Å². The van der Waals surface area contributed by atoms with E-state index in [4.69, 9.17) is 40.4 Å². The molecule has 1 aromatic heterocycles. The molecular formula is C27H26F6N4O7. The number of carbonyl (C=O) groups is 3. The quantitative estimate of drug-likeness (QED) is 0.0976. The average molecular weight is 633 g/mol. The van der Waals surface area contributed by atoms with Crippen molar-refractivity contribution in [2.75, 3.05) is 32.0 Å². The molecule has 11 nitrogen and oxygen atoms in total. The summed E-state index contributed by atoms with van der Waals surface area (Å²) in [6.07, 6.45) is -6.25. The van der Waals surface area contributed by atoms with E-state index in [1.54, 1.807) is 30.5 Å². The number of likely N-dealkylation sites (tertiary alicyclic amines) is 1. The highest BCUT2D eigenvalue weighted by atomic mass is 19.4. The first-order valence-electron chi connectivity index (χ1n) is 12.5. The summed E-state index contributed by atoms with van der Waals surface area (Å²) in [5.74, 6) is -4.33. The summed E-state index contributed by atoms with van der Waals surface area (Å²) in [5, 5.41) is 24.3. The minimum Gasteiger partial charge on any atom is -0.490 e. The lowest BCUT2D eigenvalue weighted by atomic mass is 10.1. The Balaban J connectivity index is 0.000000402. The highest BCUT2D eigenvalue weighted by Gasteiger charge is 2.38. The van der Waals surface area contributed by atoms with Crippen LogP contribution in [0.1, 0.15) is 28.8 Å². The molecule has 2 aromatic carbocycles. The molecule has 17 heteroatoms. The summed E-state index contributed by atoms with van der Waals surface area (Å²) in [6, 6.07) is 14.4. The fraction of sp³-hybridized carbons (Fsp3) is 0.296. The zero-order chi connectivity index (χ0) is 33.1. The lowest BCUT2D eigenvalue weighted by molar-refractivity contribution is -0.193. The lowest BCUT2D eigenvalue weighted by Crippen LogP contribution is -2.27. The molecule has 0 unspecified atom stereocenters. The molecule has 238 valence electrons. The predicted octanol–water partition coefficient (Wildman–Crippen LogP) is 4.74. The number of anilines is 1. The van der Waals surface area contributed by atoms with Crippen molar-refractivity contribution in [3.8, 4) is 5.75 Å². The Bertz CT molecular complexity index is 1430. The average Bonchev–Trinajstić information content (AvgIpc) is 3.50. The van der Waals surface area contributed by atoms with Crippen molar-refractivity contribution in [2.24, 2.45) is 0 Å². The summed E-state index contributed by atoms with van der Waals surface area (Å²) in [5.41, 5.74) is 7.16. The maximum atomic E-state index is 12.2. The molecule has 0 radical (unpaired) electrons. The third-order valence-electron chi connectivity index (χ3n) is 5.65. The normalized spacial score (nSPS) is 12.7. The first-order valence-corrected chi connectivity index (χ1v) is 12.5. The Morgan fingerprint density at radius 1 is 0.864 bits per heavy atom. The number of hydrogen-bond donors (Lipinski definition) is 4. The third-order valence-corrected chi connectivity index (χ3v) is 5.65. The molecule has 0 saturated carbocycles. The lowest BCUT2D eigenvalue weighted by Gasteiger charge is -2.18. The number of halogens is 6. The summed E-state index contributed by atoms with van der Waals surface area (Å²) < 4.78 is 74.4. The SMILES string of the molecule is N=C(c1ccc(C(=O)OCCOc2ccc3ccnc(N)c3c2)cc1)N1CCCC1.O=C(O)C(F)(F)F.O=C(O)C(F)(F)F. The number of aliphatic carboxylic acids is 2. The highest BCUT2D eigenvalue weighted by Crippen LogP contribution is 2.24. The van der Waals surface area contributed by atoms with Crippen molar-refractivity contribution in [3.05, 3.63) is 65.9 Å². The number of hydrogen-bond acceptors (Lipinski definition) is 8. The number of nitrogen functional groups attached to an aromatic ring is 1. The number of rotatable bonds is 6. The van der Waals surface area contributed by atoms with Crippen LogP contribution in [0.25, 0.3) is 10.8 Å². The minimum atomic E-state index is -5.08. The van der Waals surface area contributed by atoms with Crippen molar-refractivity contribution in [1.29, 1.82) is 5.41 Å². The van der Waals surface area contributed by atoms with Gasteiger partial charge in [-0.25, -0.2) is 19.4 Å². The Kier molecular flexibility index (Phi) is 12.3. The van der Waals surface area contributed by atoms with Crippen LogP contribution in [-0.2, 0) is 14.3 Å². The molecule has 0 bridgehead atoms. The number of nitrogens with zero attached hydrogens (tertiary/aromatic N) is 2. The third kappa shape index (κ3) is 11.0. The van der Waals surface area contributed by atoms with Crippen LogP contribution in [-0.4, -0.2) is 82.5 Å². The Hall–Kier alpha value is -5.09. The van der Waals surface area contributed by atoms with E-state index < -0.39 is 30.3 Å². The molecule has 0 spiro atoms. The van der Waals surface area contributed by atoms with Gasteiger partial charge in [0.25, 0.3) is 0 Å². The van der Waals surface area contributed by atoms with Gasteiger partial charge in [0.2, 0.25) is 0 Å². The number of aromatic nitrogens is 1. The van der Waals surface area contributed by atoms with Gasteiger partial charge in [-0.05, 0) is 48.6 Å². The van der Waals surface area contributed by atoms with E-state index >= 15 is 0 Å². The van der Waals surface area contributed by atoms with E-state index in [0.29, 0.717) is 23.0 Å². The first-order chi connectivity index (χ1) is 20.5. The first kappa shape index (κ1) is 35.1. The maximum absolute atomic E-state index is 12.2. The van der Waals surface area contributed by atoms with Gasteiger partial charge in [-0.1, -0.05) is 18.2 Å². The van der Waals surface area contributed by atoms with Crippen molar-refractivity contribution in [1.82, 2.24) is 9.88 Å². The number of fused-ring (bicyclic) bond motifs is 1. The molecule has 0 amide bonds. The molecule has 1 aliphatic heterocycles. The van der Waals surface area contributed by atoms with E-state index in [9.17, 15) is 31.1 Å². The molecule has 3 aromatic rings. The van der Waals surface area contributed by atoms with Gasteiger partial charge in [0.05, 0.1) is 5.56 Å². The topological polar surface area (TPSA) is 176 Å². The number of alkyl halides is 6. The van der Waals surface area contributed by atoms with E-state index in [-0.39, 0.29) is 13.2 Å². The van der Waals surface area contributed by atoms with Crippen LogP contribution in [0.5, 0.6) is 5.75 Å². The standard InChI is InChI=1S/C23H24N4O3.2C2HF3O2/c24-21-20-15-19(8-7-16(20)9-10-26-21)29-13-14-30-23(28)18-5-3-17(4-6-18)22(25)27-11-1-2-12-27;2*3-2(4,5)1(6)7/h3-10,15,25H,1-2,11-14H2,(H2,24,26);2*(H,6,7). The number of ether oxygens (including phenoxy) is 2. The van der Waals surface area contributed by atoms with Crippen LogP contribution in [0.2, 0.25) is 0 Å².